The molecule has 7 heteroatoms. The predicted octanol–water partition coefficient (Wildman–Crippen LogP) is 3.87. The summed E-state index contributed by atoms with van der Waals surface area (Å²) in [6.07, 6.45) is 1.05. The van der Waals surface area contributed by atoms with Gasteiger partial charge >= 0.3 is 0 Å². The van der Waals surface area contributed by atoms with Gasteiger partial charge in [-0.15, -0.1) is 0 Å². The Bertz CT molecular complexity index is 1080. The number of rotatable bonds is 7. The van der Waals surface area contributed by atoms with Crippen molar-refractivity contribution < 1.29 is 9.59 Å². The third-order valence-electron chi connectivity index (χ3n) is 5.49. The van der Waals surface area contributed by atoms with Crippen molar-refractivity contribution in [3.05, 3.63) is 77.6 Å². The van der Waals surface area contributed by atoms with Gasteiger partial charge in [-0.3, -0.25) is 9.59 Å². The molecule has 1 unspecified atom stereocenters. The lowest BCUT2D eigenvalue weighted by molar-refractivity contribution is -0.128. The molecule has 0 saturated carbocycles. The highest BCUT2D eigenvalue weighted by Crippen LogP contribution is 2.22. The second-order valence-corrected chi connectivity index (χ2v) is 8.14. The standard InChI is InChI=1S/C25H27N5O2/c1-17-14-18(2)27-25(26-17)29-22-10-8-21(9-11-22)28-24(32)20-15-23(31)30(16-20)13-12-19-6-4-3-5-7-19/h3-11,14,20H,12-13,15-16H2,1-2H3,(H,28,32)(H,26,27,29). The van der Waals surface area contributed by atoms with E-state index in [-0.39, 0.29) is 24.2 Å². The molecule has 1 saturated heterocycles. The van der Waals surface area contributed by atoms with E-state index >= 15 is 0 Å². The molecule has 2 N–H and O–H groups in total. The van der Waals surface area contributed by atoms with Crippen molar-refractivity contribution in [2.75, 3.05) is 23.7 Å². The fraction of sp³-hybridized carbons (Fsp3) is 0.280. The summed E-state index contributed by atoms with van der Waals surface area (Å²) in [5, 5.41) is 6.11. The van der Waals surface area contributed by atoms with Crippen LogP contribution < -0.4 is 10.6 Å². The molecule has 0 bridgehead atoms. The minimum Gasteiger partial charge on any atom is -0.342 e. The van der Waals surface area contributed by atoms with Gasteiger partial charge in [0.25, 0.3) is 0 Å². The second kappa shape index (κ2) is 9.60. The van der Waals surface area contributed by atoms with Crippen LogP contribution in [0.4, 0.5) is 17.3 Å². The summed E-state index contributed by atoms with van der Waals surface area (Å²) < 4.78 is 0. The van der Waals surface area contributed by atoms with E-state index in [0.717, 1.165) is 23.5 Å². The fourth-order valence-electron chi connectivity index (χ4n) is 3.86. The minimum absolute atomic E-state index is 0.0362. The number of aromatic nitrogens is 2. The smallest absolute Gasteiger partial charge is 0.229 e. The zero-order valence-corrected chi connectivity index (χ0v) is 18.3. The third kappa shape index (κ3) is 5.49. The summed E-state index contributed by atoms with van der Waals surface area (Å²) in [4.78, 5) is 35.6. The monoisotopic (exact) mass is 429 g/mol. The summed E-state index contributed by atoms with van der Waals surface area (Å²) in [5.41, 5.74) is 4.50. The molecule has 1 aliphatic rings. The Balaban J connectivity index is 1.30. The maximum absolute atomic E-state index is 12.7. The van der Waals surface area contributed by atoms with Gasteiger partial charge in [-0.2, -0.15) is 0 Å². The first kappa shape index (κ1) is 21.5. The Kier molecular flexibility index (Phi) is 6.44. The Morgan fingerprint density at radius 1 is 1.00 bits per heavy atom. The number of nitrogens with zero attached hydrogens (tertiary/aromatic N) is 3. The maximum atomic E-state index is 12.7. The number of nitrogens with one attached hydrogen (secondary N) is 2. The van der Waals surface area contributed by atoms with Crippen LogP contribution in [0.2, 0.25) is 0 Å². The fourth-order valence-corrected chi connectivity index (χ4v) is 3.86. The third-order valence-corrected chi connectivity index (χ3v) is 5.49. The molecule has 32 heavy (non-hydrogen) atoms. The molecule has 0 radical (unpaired) electrons. The number of likely N-dealkylation sites (tertiary alicyclic amines) is 1. The quantitative estimate of drug-likeness (QED) is 0.595. The van der Waals surface area contributed by atoms with Crippen molar-refractivity contribution in [3.63, 3.8) is 0 Å². The van der Waals surface area contributed by atoms with E-state index in [1.807, 2.05) is 62.4 Å². The second-order valence-electron chi connectivity index (χ2n) is 8.14. The van der Waals surface area contributed by atoms with Crippen LogP contribution in [0, 0.1) is 19.8 Å². The van der Waals surface area contributed by atoms with Gasteiger partial charge in [0.2, 0.25) is 17.8 Å². The normalized spacial score (nSPS) is 15.6. The van der Waals surface area contributed by atoms with Crippen LogP contribution in [0.25, 0.3) is 0 Å². The summed E-state index contributed by atoms with van der Waals surface area (Å²) in [5.74, 6) is 0.118. The van der Waals surface area contributed by atoms with Crippen molar-refractivity contribution >= 4 is 29.1 Å². The van der Waals surface area contributed by atoms with Crippen LogP contribution in [0.5, 0.6) is 0 Å². The van der Waals surface area contributed by atoms with E-state index < -0.39 is 0 Å². The van der Waals surface area contributed by atoms with Crippen molar-refractivity contribution in [1.29, 1.82) is 0 Å². The Hall–Kier alpha value is -3.74. The van der Waals surface area contributed by atoms with Crippen LogP contribution >= 0.6 is 0 Å². The Morgan fingerprint density at radius 2 is 1.66 bits per heavy atom. The highest BCUT2D eigenvalue weighted by Gasteiger charge is 2.34. The minimum atomic E-state index is -0.334. The SMILES string of the molecule is Cc1cc(C)nc(Nc2ccc(NC(=O)C3CC(=O)N(CCc4ccccc4)C3)cc2)n1. The van der Waals surface area contributed by atoms with Crippen LogP contribution in [-0.4, -0.2) is 39.8 Å². The van der Waals surface area contributed by atoms with Gasteiger partial charge in [0.1, 0.15) is 0 Å². The summed E-state index contributed by atoms with van der Waals surface area (Å²) >= 11 is 0. The molecule has 2 amide bonds. The van der Waals surface area contributed by atoms with Gasteiger partial charge in [-0.1, -0.05) is 30.3 Å². The highest BCUT2D eigenvalue weighted by atomic mass is 16.2. The van der Waals surface area contributed by atoms with E-state index in [1.165, 1.54) is 5.56 Å². The van der Waals surface area contributed by atoms with Crippen molar-refractivity contribution in [3.8, 4) is 0 Å². The first-order valence-corrected chi connectivity index (χ1v) is 10.8. The van der Waals surface area contributed by atoms with Gasteiger partial charge in [-0.25, -0.2) is 9.97 Å². The molecular formula is C25H27N5O2. The number of hydrogen-bond acceptors (Lipinski definition) is 5. The lowest BCUT2D eigenvalue weighted by atomic mass is 10.1. The number of carbonyl (C=O) groups is 2. The zero-order valence-electron chi connectivity index (χ0n) is 18.3. The number of amides is 2. The molecule has 1 atom stereocenters. The van der Waals surface area contributed by atoms with Gasteiger partial charge in [0.05, 0.1) is 5.92 Å². The van der Waals surface area contributed by atoms with Crippen LogP contribution in [0.3, 0.4) is 0 Å². The van der Waals surface area contributed by atoms with Crippen LogP contribution in [0.15, 0.2) is 60.7 Å². The zero-order chi connectivity index (χ0) is 22.5. The molecule has 1 aromatic heterocycles. The van der Waals surface area contributed by atoms with E-state index in [1.54, 1.807) is 4.90 Å². The Morgan fingerprint density at radius 3 is 2.34 bits per heavy atom. The van der Waals surface area contributed by atoms with E-state index in [0.29, 0.717) is 24.7 Å². The largest absolute Gasteiger partial charge is 0.342 e. The van der Waals surface area contributed by atoms with E-state index in [9.17, 15) is 9.59 Å². The molecule has 0 spiro atoms. The molecule has 0 aliphatic carbocycles. The average molecular weight is 430 g/mol. The van der Waals surface area contributed by atoms with E-state index in [2.05, 4.69) is 32.7 Å². The summed E-state index contributed by atoms with van der Waals surface area (Å²) in [7, 11) is 0. The lowest BCUT2D eigenvalue weighted by Crippen LogP contribution is -2.30. The molecular weight excluding hydrogens is 402 g/mol. The van der Waals surface area contributed by atoms with Gasteiger partial charge in [0.15, 0.2) is 0 Å². The summed E-state index contributed by atoms with van der Waals surface area (Å²) in [6, 6.07) is 19.4. The molecule has 4 rings (SSSR count). The van der Waals surface area contributed by atoms with E-state index in [4.69, 9.17) is 0 Å². The number of carbonyl (C=O) groups excluding carboxylic acids is 2. The van der Waals surface area contributed by atoms with Crippen molar-refractivity contribution in [1.82, 2.24) is 14.9 Å². The van der Waals surface area contributed by atoms with Crippen molar-refractivity contribution in [2.24, 2.45) is 5.92 Å². The average Bonchev–Trinajstić information content (AvgIpc) is 3.14. The highest BCUT2D eigenvalue weighted by molar-refractivity contribution is 5.97. The molecule has 164 valence electrons. The molecule has 3 aromatic rings. The number of hydrogen-bond donors (Lipinski definition) is 2. The number of anilines is 3. The Labute approximate surface area is 187 Å². The maximum Gasteiger partial charge on any atom is 0.229 e. The lowest BCUT2D eigenvalue weighted by Gasteiger charge is -2.16. The number of benzene rings is 2. The summed E-state index contributed by atoms with van der Waals surface area (Å²) in [6.45, 7) is 4.94. The van der Waals surface area contributed by atoms with Crippen LogP contribution in [-0.2, 0) is 16.0 Å². The first-order chi connectivity index (χ1) is 15.5. The van der Waals surface area contributed by atoms with Crippen molar-refractivity contribution in [2.45, 2.75) is 26.7 Å². The van der Waals surface area contributed by atoms with Crippen LogP contribution in [0.1, 0.15) is 23.4 Å². The first-order valence-electron chi connectivity index (χ1n) is 10.8. The van der Waals surface area contributed by atoms with Gasteiger partial charge in [0, 0.05) is 42.3 Å². The molecule has 7 nitrogen and oxygen atoms in total. The molecule has 2 heterocycles. The van der Waals surface area contributed by atoms with Gasteiger partial charge in [-0.05, 0) is 56.2 Å². The molecule has 2 aromatic carbocycles. The predicted molar refractivity (Wildman–Crippen MR) is 125 cm³/mol. The van der Waals surface area contributed by atoms with Gasteiger partial charge < -0.3 is 15.5 Å². The molecule has 1 aliphatic heterocycles. The topological polar surface area (TPSA) is 87.2 Å². The number of aryl methyl sites for hydroxylation is 2. The molecule has 1 fully saturated rings.